The Balaban J connectivity index is 2.63. The summed E-state index contributed by atoms with van der Waals surface area (Å²) in [5, 5.41) is 21.7. The monoisotopic (exact) mass is 219 g/mol. The van der Waals surface area contributed by atoms with Crippen molar-refractivity contribution < 1.29 is 10.2 Å². The lowest BCUT2D eigenvalue weighted by molar-refractivity contribution is 0.275. The highest BCUT2D eigenvalue weighted by Crippen LogP contribution is 2.19. The van der Waals surface area contributed by atoms with Gasteiger partial charge in [-0.05, 0) is 29.6 Å². The topological polar surface area (TPSA) is 89.2 Å². The quantitative estimate of drug-likeness (QED) is 0.345. The van der Waals surface area contributed by atoms with E-state index >= 15 is 0 Å². The summed E-state index contributed by atoms with van der Waals surface area (Å²) >= 11 is 0. The van der Waals surface area contributed by atoms with Crippen LogP contribution in [0.2, 0.25) is 0 Å². The highest BCUT2D eigenvalue weighted by atomic mass is 16.3. The van der Waals surface area contributed by atoms with Crippen LogP contribution in [0.25, 0.3) is 16.5 Å². The Labute approximate surface area is 93.3 Å². The lowest BCUT2D eigenvalue weighted by Crippen LogP contribution is -1.85. The molecule has 0 unspecified atom stereocenters. The van der Waals surface area contributed by atoms with E-state index in [4.69, 9.17) is 10.6 Å². The van der Waals surface area contributed by atoms with E-state index < -0.39 is 0 Å². The Morgan fingerprint density at radius 3 is 2.94 bits per heavy atom. The second-order valence-electron chi connectivity index (χ2n) is 3.19. The van der Waals surface area contributed by atoms with E-state index in [0.717, 1.165) is 5.56 Å². The lowest BCUT2D eigenvalue weighted by Gasteiger charge is -2.01. The molecule has 2 N–H and O–H groups in total. The summed E-state index contributed by atoms with van der Waals surface area (Å²) in [5.74, 6) is 0.0914. The standard InChI is InChI=1S/C11H13N3O2/c12-14-13-6-2-1-3-9-4-5-11(16)10(7-9)8-15/h1,3-5,7,15-16H,2,6,8H2. The molecular formula is C11H13N3O2. The lowest BCUT2D eigenvalue weighted by atomic mass is 10.1. The summed E-state index contributed by atoms with van der Waals surface area (Å²) in [5.41, 5.74) is 9.45. The number of nitrogens with zero attached hydrogens (tertiary/aromatic N) is 3. The van der Waals surface area contributed by atoms with Crippen LogP contribution in [0, 0.1) is 0 Å². The van der Waals surface area contributed by atoms with Gasteiger partial charge in [-0.2, -0.15) is 0 Å². The number of benzene rings is 1. The molecule has 0 amide bonds. The van der Waals surface area contributed by atoms with E-state index in [-0.39, 0.29) is 12.4 Å². The zero-order valence-corrected chi connectivity index (χ0v) is 8.74. The fourth-order valence-electron chi connectivity index (χ4n) is 1.23. The summed E-state index contributed by atoms with van der Waals surface area (Å²) in [6, 6.07) is 5.00. The molecule has 0 aliphatic carbocycles. The Bertz CT molecular complexity index is 423. The number of aliphatic hydroxyl groups is 1. The van der Waals surface area contributed by atoms with E-state index in [2.05, 4.69) is 10.0 Å². The molecule has 0 saturated carbocycles. The van der Waals surface area contributed by atoms with E-state index in [0.29, 0.717) is 18.5 Å². The molecule has 0 aliphatic rings. The first-order valence-electron chi connectivity index (χ1n) is 4.88. The Kier molecular flexibility index (Phi) is 4.92. The van der Waals surface area contributed by atoms with Crippen LogP contribution in [0.3, 0.4) is 0 Å². The minimum absolute atomic E-state index is 0.0914. The zero-order chi connectivity index (χ0) is 11.8. The minimum atomic E-state index is -0.188. The van der Waals surface area contributed by atoms with Crippen molar-refractivity contribution >= 4 is 6.08 Å². The van der Waals surface area contributed by atoms with Gasteiger partial charge >= 0.3 is 0 Å². The summed E-state index contributed by atoms with van der Waals surface area (Å²) in [7, 11) is 0. The van der Waals surface area contributed by atoms with Gasteiger partial charge in [0.05, 0.1) is 6.61 Å². The van der Waals surface area contributed by atoms with Crippen LogP contribution in [0.15, 0.2) is 29.4 Å². The third-order valence-electron chi connectivity index (χ3n) is 2.04. The van der Waals surface area contributed by atoms with Gasteiger partial charge < -0.3 is 10.2 Å². The van der Waals surface area contributed by atoms with Gasteiger partial charge in [-0.1, -0.05) is 23.3 Å². The van der Waals surface area contributed by atoms with Crippen molar-refractivity contribution in [3.05, 3.63) is 45.8 Å². The van der Waals surface area contributed by atoms with Gasteiger partial charge in [0.25, 0.3) is 0 Å². The molecule has 0 aliphatic heterocycles. The normalized spacial score (nSPS) is 10.3. The molecule has 0 radical (unpaired) electrons. The number of aliphatic hydroxyl groups excluding tert-OH is 1. The van der Waals surface area contributed by atoms with Crippen LogP contribution in [0.1, 0.15) is 17.5 Å². The van der Waals surface area contributed by atoms with Crippen LogP contribution < -0.4 is 0 Å². The molecule has 1 aromatic rings. The molecule has 0 heterocycles. The highest BCUT2D eigenvalue weighted by Gasteiger charge is 1.98. The average molecular weight is 219 g/mol. The predicted molar refractivity (Wildman–Crippen MR) is 61.7 cm³/mol. The Morgan fingerprint density at radius 2 is 2.25 bits per heavy atom. The van der Waals surface area contributed by atoms with Gasteiger partial charge in [-0.25, -0.2) is 0 Å². The number of azide groups is 1. The van der Waals surface area contributed by atoms with E-state index in [1.807, 2.05) is 12.2 Å². The maximum absolute atomic E-state index is 9.34. The number of aromatic hydroxyl groups is 1. The fourth-order valence-corrected chi connectivity index (χ4v) is 1.23. The highest BCUT2D eigenvalue weighted by molar-refractivity contribution is 5.53. The van der Waals surface area contributed by atoms with Crippen LogP contribution in [-0.2, 0) is 6.61 Å². The predicted octanol–water partition coefficient (Wildman–Crippen LogP) is 2.60. The molecule has 0 spiro atoms. The third kappa shape index (κ3) is 3.65. The smallest absolute Gasteiger partial charge is 0.121 e. The van der Waals surface area contributed by atoms with Crippen molar-refractivity contribution in [3.8, 4) is 5.75 Å². The van der Waals surface area contributed by atoms with Crippen molar-refractivity contribution in [2.45, 2.75) is 13.0 Å². The van der Waals surface area contributed by atoms with Crippen LogP contribution >= 0.6 is 0 Å². The van der Waals surface area contributed by atoms with Gasteiger partial charge in [0, 0.05) is 17.0 Å². The summed E-state index contributed by atoms with van der Waals surface area (Å²) in [6.45, 7) is 0.240. The van der Waals surface area contributed by atoms with Crippen LogP contribution in [-0.4, -0.2) is 16.8 Å². The second-order valence-corrected chi connectivity index (χ2v) is 3.19. The Morgan fingerprint density at radius 1 is 1.44 bits per heavy atom. The summed E-state index contributed by atoms with van der Waals surface area (Å²) in [6.07, 6.45) is 4.40. The van der Waals surface area contributed by atoms with Crippen molar-refractivity contribution in [1.29, 1.82) is 0 Å². The molecule has 5 heteroatoms. The first-order valence-corrected chi connectivity index (χ1v) is 4.88. The van der Waals surface area contributed by atoms with Crippen molar-refractivity contribution in [2.75, 3.05) is 6.54 Å². The van der Waals surface area contributed by atoms with Crippen molar-refractivity contribution in [1.82, 2.24) is 0 Å². The molecule has 0 fully saturated rings. The van der Waals surface area contributed by atoms with Crippen molar-refractivity contribution in [2.24, 2.45) is 5.11 Å². The first-order chi connectivity index (χ1) is 7.77. The molecule has 0 saturated heterocycles. The first kappa shape index (κ1) is 12.1. The van der Waals surface area contributed by atoms with Gasteiger partial charge in [0.2, 0.25) is 0 Å². The number of hydrogen-bond acceptors (Lipinski definition) is 3. The third-order valence-corrected chi connectivity index (χ3v) is 2.04. The van der Waals surface area contributed by atoms with Crippen molar-refractivity contribution in [3.63, 3.8) is 0 Å². The fraction of sp³-hybridized carbons (Fsp3) is 0.273. The second kappa shape index (κ2) is 6.50. The van der Waals surface area contributed by atoms with Gasteiger partial charge in [-0.3, -0.25) is 0 Å². The van der Waals surface area contributed by atoms with Gasteiger partial charge in [0.1, 0.15) is 5.75 Å². The zero-order valence-electron chi connectivity index (χ0n) is 8.74. The Hall–Kier alpha value is -1.97. The molecule has 0 bridgehead atoms. The van der Waals surface area contributed by atoms with Gasteiger partial charge in [0.15, 0.2) is 0 Å². The van der Waals surface area contributed by atoms with E-state index in [1.165, 1.54) is 0 Å². The van der Waals surface area contributed by atoms with Gasteiger partial charge in [-0.15, -0.1) is 0 Å². The van der Waals surface area contributed by atoms with Crippen LogP contribution in [0.5, 0.6) is 5.75 Å². The summed E-state index contributed by atoms with van der Waals surface area (Å²) < 4.78 is 0. The number of phenols is 1. The molecule has 0 aromatic heterocycles. The number of rotatable bonds is 5. The maximum Gasteiger partial charge on any atom is 0.121 e. The largest absolute Gasteiger partial charge is 0.508 e. The minimum Gasteiger partial charge on any atom is -0.508 e. The molecule has 1 rings (SSSR count). The number of hydrogen-bond donors (Lipinski definition) is 2. The van der Waals surface area contributed by atoms with Crippen LogP contribution in [0.4, 0.5) is 0 Å². The molecule has 5 nitrogen and oxygen atoms in total. The maximum atomic E-state index is 9.34. The average Bonchev–Trinajstić information content (AvgIpc) is 2.31. The SMILES string of the molecule is [N-]=[N+]=NCCC=Cc1ccc(O)c(CO)c1. The molecule has 0 atom stereocenters. The molecule has 84 valence electrons. The molecule has 16 heavy (non-hydrogen) atoms. The molecule has 1 aromatic carbocycles. The molecular weight excluding hydrogens is 206 g/mol. The van der Waals surface area contributed by atoms with E-state index in [1.54, 1.807) is 18.2 Å². The van der Waals surface area contributed by atoms with E-state index in [9.17, 15) is 5.11 Å². The summed E-state index contributed by atoms with van der Waals surface area (Å²) in [4.78, 5) is 2.64.